The van der Waals surface area contributed by atoms with E-state index in [0.29, 0.717) is 5.75 Å². The molecule has 0 fully saturated rings. The number of para-hydroxylation sites is 1. The van der Waals surface area contributed by atoms with Gasteiger partial charge in [0.15, 0.2) is 0 Å². The van der Waals surface area contributed by atoms with Crippen molar-refractivity contribution in [2.75, 3.05) is 11.9 Å². The molecular weight excluding hydrogens is 320 g/mol. The predicted molar refractivity (Wildman–Crippen MR) is 94.4 cm³/mol. The zero-order chi connectivity index (χ0) is 17.8. The molecule has 0 saturated heterocycles. The summed E-state index contributed by atoms with van der Waals surface area (Å²) in [5.74, 6) is 0.538. The van der Waals surface area contributed by atoms with Crippen LogP contribution in [0, 0.1) is 17.0 Å². The lowest BCUT2D eigenvalue weighted by atomic mass is 10.2. The van der Waals surface area contributed by atoms with Gasteiger partial charge in [0.2, 0.25) is 5.82 Å². The molecule has 0 aliphatic carbocycles. The molecule has 7 nitrogen and oxygen atoms in total. The van der Waals surface area contributed by atoms with Gasteiger partial charge in [-0.25, -0.2) is 4.98 Å². The van der Waals surface area contributed by atoms with Gasteiger partial charge in [0.25, 0.3) is 0 Å². The molecule has 0 N–H and O–H groups in total. The Morgan fingerprint density at radius 2 is 1.72 bits per heavy atom. The largest absolute Gasteiger partial charge is 0.434 e. The standard InChI is InChI=1S/C18H16N4O3/c1-13-8-10-15(11-9-13)25-18-16(22(23)24)17(19-12-20-18)21(2)14-6-4-3-5-7-14/h3-12H,1-2H3. The summed E-state index contributed by atoms with van der Waals surface area (Å²) >= 11 is 0. The van der Waals surface area contributed by atoms with Gasteiger partial charge < -0.3 is 9.64 Å². The minimum Gasteiger partial charge on any atom is -0.434 e. The molecule has 0 amide bonds. The molecule has 0 unspecified atom stereocenters. The second-order valence-electron chi connectivity index (χ2n) is 5.42. The number of benzene rings is 2. The molecule has 0 atom stereocenters. The first kappa shape index (κ1) is 16.4. The molecule has 25 heavy (non-hydrogen) atoms. The molecule has 0 aliphatic heterocycles. The van der Waals surface area contributed by atoms with Crippen molar-refractivity contribution in [3.63, 3.8) is 0 Å². The normalized spacial score (nSPS) is 10.3. The van der Waals surface area contributed by atoms with Crippen molar-refractivity contribution in [1.82, 2.24) is 9.97 Å². The number of ether oxygens (including phenoxy) is 1. The molecular formula is C18H16N4O3. The van der Waals surface area contributed by atoms with Crippen molar-refractivity contribution in [3.05, 3.63) is 76.6 Å². The molecule has 0 saturated carbocycles. The molecule has 3 rings (SSSR count). The SMILES string of the molecule is Cc1ccc(Oc2ncnc(N(C)c3ccccc3)c2[N+](=O)[O-])cc1. The smallest absolute Gasteiger partial charge is 0.373 e. The highest BCUT2D eigenvalue weighted by molar-refractivity contribution is 5.70. The van der Waals surface area contributed by atoms with Crippen LogP contribution < -0.4 is 9.64 Å². The fourth-order valence-electron chi connectivity index (χ4n) is 2.33. The average molecular weight is 336 g/mol. The van der Waals surface area contributed by atoms with Crippen LogP contribution in [0.3, 0.4) is 0 Å². The minimum atomic E-state index is -0.529. The molecule has 0 radical (unpaired) electrons. The van der Waals surface area contributed by atoms with Crippen molar-refractivity contribution in [2.45, 2.75) is 6.92 Å². The van der Waals surface area contributed by atoms with Gasteiger partial charge in [-0.2, -0.15) is 4.98 Å². The van der Waals surface area contributed by atoms with E-state index in [1.54, 1.807) is 24.1 Å². The summed E-state index contributed by atoms with van der Waals surface area (Å²) in [6.07, 6.45) is 1.26. The number of anilines is 2. The van der Waals surface area contributed by atoms with E-state index in [1.807, 2.05) is 49.4 Å². The Kier molecular flexibility index (Phi) is 4.56. The quantitative estimate of drug-likeness (QED) is 0.511. The lowest BCUT2D eigenvalue weighted by Gasteiger charge is -2.18. The van der Waals surface area contributed by atoms with Crippen LogP contribution in [-0.2, 0) is 0 Å². The number of rotatable bonds is 5. The number of nitrogens with zero attached hydrogens (tertiary/aromatic N) is 4. The van der Waals surface area contributed by atoms with Crippen LogP contribution in [-0.4, -0.2) is 21.9 Å². The maximum absolute atomic E-state index is 11.6. The summed E-state index contributed by atoms with van der Waals surface area (Å²) in [4.78, 5) is 20.8. The van der Waals surface area contributed by atoms with Crippen molar-refractivity contribution in [1.29, 1.82) is 0 Å². The first-order valence-corrected chi connectivity index (χ1v) is 7.59. The number of hydrogen-bond acceptors (Lipinski definition) is 6. The maximum Gasteiger partial charge on any atom is 0.373 e. The lowest BCUT2D eigenvalue weighted by molar-refractivity contribution is -0.385. The van der Waals surface area contributed by atoms with Crippen LogP contribution in [0.1, 0.15) is 5.56 Å². The molecule has 1 heterocycles. The first-order chi connectivity index (χ1) is 12.1. The van der Waals surface area contributed by atoms with E-state index in [1.165, 1.54) is 6.33 Å². The Morgan fingerprint density at radius 3 is 2.36 bits per heavy atom. The molecule has 0 bridgehead atoms. The van der Waals surface area contributed by atoms with Gasteiger partial charge in [-0.1, -0.05) is 35.9 Å². The highest BCUT2D eigenvalue weighted by atomic mass is 16.6. The summed E-state index contributed by atoms with van der Waals surface area (Å²) in [7, 11) is 1.71. The van der Waals surface area contributed by atoms with Gasteiger partial charge in [-0.15, -0.1) is 0 Å². The van der Waals surface area contributed by atoms with Crippen LogP contribution >= 0.6 is 0 Å². The van der Waals surface area contributed by atoms with E-state index >= 15 is 0 Å². The Bertz CT molecular complexity index is 883. The predicted octanol–water partition coefficient (Wildman–Crippen LogP) is 4.25. The van der Waals surface area contributed by atoms with Crippen LogP contribution in [0.25, 0.3) is 0 Å². The van der Waals surface area contributed by atoms with E-state index < -0.39 is 4.92 Å². The Morgan fingerprint density at radius 1 is 1.04 bits per heavy atom. The highest BCUT2D eigenvalue weighted by Crippen LogP contribution is 2.37. The van der Waals surface area contributed by atoms with Gasteiger partial charge >= 0.3 is 11.6 Å². The minimum absolute atomic E-state index is 0.0957. The third-order valence-electron chi connectivity index (χ3n) is 3.65. The lowest BCUT2D eigenvalue weighted by Crippen LogP contribution is -2.14. The third-order valence-corrected chi connectivity index (χ3v) is 3.65. The summed E-state index contributed by atoms with van der Waals surface area (Å²) in [6, 6.07) is 16.4. The monoisotopic (exact) mass is 336 g/mol. The molecule has 7 heteroatoms. The summed E-state index contributed by atoms with van der Waals surface area (Å²) < 4.78 is 5.63. The third kappa shape index (κ3) is 3.55. The van der Waals surface area contributed by atoms with Crippen LogP contribution in [0.5, 0.6) is 11.6 Å². The van der Waals surface area contributed by atoms with Crippen molar-refractivity contribution in [3.8, 4) is 11.6 Å². The van der Waals surface area contributed by atoms with E-state index in [2.05, 4.69) is 9.97 Å². The summed E-state index contributed by atoms with van der Waals surface area (Å²) in [5.41, 5.74) is 1.55. The van der Waals surface area contributed by atoms with Gasteiger partial charge in [0.05, 0.1) is 4.92 Å². The van der Waals surface area contributed by atoms with Crippen molar-refractivity contribution < 1.29 is 9.66 Å². The first-order valence-electron chi connectivity index (χ1n) is 7.59. The van der Waals surface area contributed by atoms with Crippen molar-refractivity contribution in [2.24, 2.45) is 0 Å². The number of aromatic nitrogens is 2. The molecule has 3 aromatic rings. The van der Waals surface area contributed by atoms with Crippen LogP contribution in [0.2, 0.25) is 0 Å². The van der Waals surface area contributed by atoms with E-state index in [0.717, 1.165) is 11.3 Å². The second-order valence-corrected chi connectivity index (χ2v) is 5.42. The van der Waals surface area contributed by atoms with E-state index in [4.69, 9.17) is 4.74 Å². The van der Waals surface area contributed by atoms with Crippen LogP contribution in [0.4, 0.5) is 17.2 Å². The molecule has 126 valence electrons. The number of aryl methyl sites for hydroxylation is 1. The van der Waals surface area contributed by atoms with Crippen molar-refractivity contribution >= 4 is 17.2 Å². The molecule has 1 aromatic heterocycles. The summed E-state index contributed by atoms with van der Waals surface area (Å²) in [6.45, 7) is 1.95. The zero-order valence-corrected chi connectivity index (χ0v) is 13.8. The number of hydrogen-bond donors (Lipinski definition) is 0. The zero-order valence-electron chi connectivity index (χ0n) is 13.8. The fraction of sp³-hybridized carbons (Fsp3) is 0.111. The van der Waals surface area contributed by atoms with Gasteiger partial charge in [0, 0.05) is 12.7 Å². The van der Waals surface area contributed by atoms with Gasteiger partial charge in [0.1, 0.15) is 12.1 Å². The molecule has 0 spiro atoms. The van der Waals surface area contributed by atoms with Gasteiger partial charge in [-0.05, 0) is 31.2 Å². The highest BCUT2D eigenvalue weighted by Gasteiger charge is 2.28. The van der Waals surface area contributed by atoms with E-state index in [9.17, 15) is 10.1 Å². The summed E-state index contributed by atoms with van der Waals surface area (Å²) in [5, 5.41) is 11.6. The maximum atomic E-state index is 11.6. The fourth-order valence-corrected chi connectivity index (χ4v) is 2.33. The molecule has 2 aromatic carbocycles. The number of nitro groups is 1. The Hall–Kier alpha value is -3.48. The Labute approximate surface area is 144 Å². The van der Waals surface area contributed by atoms with E-state index in [-0.39, 0.29) is 17.4 Å². The van der Waals surface area contributed by atoms with Gasteiger partial charge in [-0.3, -0.25) is 10.1 Å². The average Bonchev–Trinajstić information content (AvgIpc) is 2.63. The van der Waals surface area contributed by atoms with Crippen LogP contribution in [0.15, 0.2) is 60.9 Å². The topological polar surface area (TPSA) is 81.4 Å². The Balaban J connectivity index is 2.02. The second kappa shape index (κ2) is 6.96. The molecule has 0 aliphatic rings.